The van der Waals surface area contributed by atoms with Gasteiger partial charge in [0.25, 0.3) is 5.91 Å². The summed E-state index contributed by atoms with van der Waals surface area (Å²) < 4.78 is 32.3. The molecule has 6 nitrogen and oxygen atoms in total. The van der Waals surface area contributed by atoms with Crippen molar-refractivity contribution in [2.24, 2.45) is 0 Å². The topological polar surface area (TPSA) is 75.7 Å². The largest absolute Gasteiger partial charge is 0.379 e. The molecule has 0 radical (unpaired) electrons. The monoisotopic (exact) mass is 388 g/mol. The highest BCUT2D eigenvalue weighted by Gasteiger charge is 2.27. The van der Waals surface area contributed by atoms with Crippen molar-refractivity contribution in [2.45, 2.75) is 24.8 Å². The predicted octanol–water partition coefficient (Wildman–Crippen LogP) is 2.51. The highest BCUT2D eigenvalue weighted by molar-refractivity contribution is 7.89. The Bertz CT molecular complexity index is 907. The number of nitrogens with zero attached hydrogens (tertiary/aromatic N) is 1. The van der Waals surface area contributed by atoms with Crippen molar-refractivity contribution in [3.63, 3.8) is 0 Å². The third kappa shape index (κ3) is 4.37. The summed E-state index contributed by atoms with van der Waals surface area (Å²) in [6.07, 6.45) is 0. The van der Waals surface area contributed by atoms with Crippen molar-refractivity contribution in [2.75, 3.05) is 26.3 Å². The molecule has 0 saturated carbocycles. The van der Waals surface area contributed by atoms with Gasteiger partial charge in [-0.05, 0) is 37.1 Å². The summed E-state index contributed by atoms with van der Waals surface area (Å²) in [6, 6.07) is 14.1. The quantitative estimate of drug-likeness (QED) is 0.854. The summed E-state index contributed by atoms with van der Waals surface area (Å²) in [4.78, 5) is 12.9. The zero-order valence-corrected chi connectivity index (χ0v) is 16.3. The zero-order valence-electron chi connectivity index (χ0n) is 15.5. The average Bonchev–Trinajstić information content (AvgIpc) is 2.69. The number of morpholine rings is 1. The summed E-state index contributed by atoms with van der Waals surface area (Å²) in [5, 5.41) is 2.94. The normalized spacial score (nSPS) is 16.7. The van der Waals surface area contributed by atoms with Crippen LogP contribution in [-0.2, 0) is 14.8 Å². The lowest BCUT2D eigenvalue weighted by Gasteiger charge is -2.26. The number of ether oxygens (including phenoxy) is 1. The minimum atomic E-state index is -3.64. The Hall–Kier alpha value is -2.22. The van der Waals surface area contributed by atoms with Crippen molar-refractivity contribution in [1.82, 2.24) is 9.62 Å². The van der Waals surface area contributed by atoms with Gasteiger partial charge in [0, 0.05) is 18.7 Å². The van der Waals surface area contributed by atoms with Crippen LogP contribution in [-0.4, -0.2) is 44.9 Å². The number of sulfonamides is 1. The molecule has 1 fully saturated rings. The fraction of sp³-hybridized carbons (Fsp3) is 0.350. The first-order valence-corrected chi connectivity index (χ1v) is 10.4. The lowest BCUT2D eigenvalue weighted by atomic mass is 10.1. The molecule has 0 aliphatic carbocycles. The molecule has 144 valence electrons. The van der Waals surface area contributed by atoms with Gasteiger partial charge < -0.3 is 10.1 Å². The first kappa shape index (κ1) is 19.5. The minimum absolute atomic E-state index is 0.132. The van der Waals surface area contributed by atoms with Gasteiger partial charge in [-0.3, -0.25) is 4.79 Å². The van der Waals surface area contributed by atoms with Crippen molar-refractivity contribution in [1.29, 1.82) is 0 Å². The summed E-state index contributed by atoms with van der Waals surface area (Å²) in [7, 11) is -3.64. The van der Waals surface area contributed by atoms with Gasteiger partial charge in [0.05, 0.1) is 24.2 Å². The number of benzene rings is 2. The molecule has 1 aliphatic rings. The molecule has 1 N–H and O–H groups in total. The maximum absolute atomic E-state index is 12.9. The van der Waals surface area contributed by atoms with E-state index in [2.05, 4.69) is 5.32 Å². The fourth-order valence-electron chi connectivity index (χ4n) is 3.04. The Morgan fingerprint density at radius 2 is 1.78 bits per heavy atom. The van der Waals surface area contributed by atoms with Crippen LogP contribution in [0.1, 0.15) is 34.5 Å². The highest BCUT2D eigenvalue weighted by Crippen LogP contribution is 2.21. The van der Waals surface area contributed by atoms with Gasteiger partial charge >= 0.3 is 0 Å². The van der Waals surface area contributed by atoms with E-state index in [-0.39, 0.29) is 16.8 Å². The molecule has 2 aromatic carbocycles. The van der Waals surface area contributed by atoms with E-state index in [4.69, 9.17) is 4.74 Å². The van der Waals surface area contributed by atoms with Gasteiger partial charge in [-0.15, -0.1) is 0 Å². The summed E-state index contributed by atoms with van der Waals surface area (Å²) >= 11 is 0. The molecule has 3 rings (SSSR count). The molecule has 1 heterocycles. The van der Waals surface area contributed by atoms with E-state index < -0.39 is 10.0 Å². The van der Waals surface area contributed by atoms with Crippen LogP contribution >= 0.6 is 0 Å². The number of carbonyl (C=O) groups is 1. The number of amides is 1. The van der Waals surface area contributed by atoms with Gasteiger partial charge in [0.15, 0.2) is 0 Å². The van der Waals surface area contributed by atoms with Crippen LogP contribution in [0, 0.1) is 6.92 Å². The molecular formula is C20H24N2O4S. The number of carbonyl (C=O) groups excluding carboxylic acids is 1. The highest BCUT2D eigenvalue weighted by atomic mass is 32.2. The summed E-state index contributed by atoms with van der Waals surface area (Å²) in [6.45, 7) is 5.11. The summed E-state index contributed by atoms with van der Waals surface area (Å²) in [5.41, 5.74) is 2.08. The minimum Gasteiger partial charge on any atom is -0.379 e. The molecule has 27 heavy (non-hydrogen) atoms. The average molecular weight is 388 g/mol. The molecule has 2 aromatic rings. The zero-order chi connectivity index (χ0) is 19.4. The molecule has 1 amide bonds. The first-order valence-electron chi connectivity index (χ1n) is 8.94. The molecule has 0 bridgehead atoms. The second-order valence-corrected chi connectivity index (χ2v) is 8.54. The first-order chi connectivity index (χ1) is 12.9. The second kappa shape index (κ2) is 8.21. The Kier molecular flexibility index (Phi) is 5.94. The maximum Gasteiger partial charge on any atom is 0.252 e. The predicted molar refractivity (Wildman–Crippen MR) is 103 cm³/mol. The number of rotatable bonds is 5. The lowest BCUT2D eigenvalue weighted by molar-refractivity contribution is 0.0730. The Morgan fingerprint density at radius 3 is 2.44 bits per heavy atom. The maximum atomic E-state index is 12.9. The van der Waals surface area contributed by atoms with Crippen molar-refractivity contribution in [3.05, 3.63) is 65.2 Å². The Balaban J connectivity index is 1.83. The van der Waals surface area contributed by atoms with E-state index in [1.54, 1.807) is 19.1 Å². The third-order valence-electron chi connectivity index (χ3n) is 4.71. The molecule has 0 aromatic heterocycles. The van der Waals surface area contributed by atoms with E-state index in [9.17, 15) is 13.2 Å². The van der Waals surface area contributed by atoms with Crippen LogP contribution in [0.2, 0.25) is 0 Å². The van der Waals surface area contributed by atoms with E-state index in [0.717, 1.165) is 11.1 Å². The van der Waals surface area contributed by atoms with Gasteiger partial charge in [0.1, 0.15) is 0 Å². The second-order valence-electron chi connectivity index (χ2n) is 6.60. The lowest BCUT2D eigenvalue weighted by Crippen LogP contribution is -2.40. The van der Waals surface area contributed by atoms with Crippen LogP contribution in [0.15, 0.2) is 53.4 Å². The van der Waals surface area contributed by atoms with Crippen molar-refractivity contribution >= 4 is 15.9 Å². The number of hydrogen-bond donors (Lipinski definition) is 1. The van der Waals surface area contributed by atoms with Gasteiger partial charge in [-0.1, -0.05) is 36.4 Å². The molecule has 1 aliphatic heterocycles. The van der Waals surface area contributed by atoms with E-state index in [1.807, 2.05) is 37.3 Å². The molecule has 0 spiro atoms. The van der Waals surface area contributed by atoms with Gasteiger partial charge in [-0.2, -0.15) is 4.31 Å². The fourth-order valence-corrected chi connectivity index (χ4v) is 4.48. The standard InChI is InChI=1S/C20H24N2O4S/c1-15-8-9-18(27(24,25)22-10-12-26-13-11-22)14-19(15)20(23)21-16(2)17-6-4-3-5-7-17/h3-9,14,16H,10-13H2,1-2H3,(H,21,23)/t16-/m1/s1. The van der Waals surface area contributed by atoms with E-state index in [1.165, 1.54) is 10.4 Å². The number of nitrogens with one attached hydrogen (secondary N) is 1. The SMILES string of the molecule is Cc1ccc(S(=O)(=O)N2CCOCC2)cc1C(=O)N[C@H](C)c1ccccc1. The van der Waals surface area contributed by atoms with Crippen LogP contribution in [0.4, 0.5) is 0 Å². The van der Waals surface area contributed by atoms with Crippen LogP contribution in [0.25, 0.3) is 0 Å². The van der Waals surface area contributed by atoms with Crippen LogP contribution in [0.5, 0.6) is 0 Å². The van der Waals surface area contributed by atoms with Crippen LogP contribution < -0.4 is 5.32 Å². The number of hydrogen-bond acceptors (Lipinski definition) is 4. The van der Waals surface area contributed by atoms with Gasteiger partial charge in [0.2, 0.25) is 10.0 Å². The molecular weight excluding hydrogens is 364 g/mol. The molecule has 1 saturated heterocycles. The van der Waals surface area contributed by atoms with E-state index in [0.29, 0.717) is 31.9 Å². The number of aryl methyl sites for hydroxylation is 1. The van der Waals surface area contributed by atoms with Crippen molar-refractivity contribution in [3.8, 4) is 0 Å². The Labute approximate surface area is 160 Å². The smallest absolute Gasteiger partial charge is 0.252 e. The molecule has 0 unspecified atom stereocenters. The van der Waals surface area contributed by atoms with Gasteiger partial charge in [-0.25, -0.2) is 8.42 Å². The van der Waals surface area contributed by atoms with Crippen molar-refractivity contribution < 1.29 is 17.9 Å². The molecule has 7 heteroatoms. The van der Waals surface area contributed by atoms with E-state index >= 15 is 0 Å². The van der Waals surface area contributed by atoms with Crippen LogP contribution in [0.3, 0.4) is 0 Å². The Morgan fingerprint density at radius 1 is 1.11 bits per heavy atom. The third-order valence-corrected chi connectivity index (χ3v) is 6.60. The molecule has 1 atom stereocenters. The summed E-state index contributed by atoms with van der Waals surface area (Å²) in [5.74, 6) is -0.289.